The smallest absolute Gasteiger partial charge is 0.225 e. The van der Waals surface area contributed by atoms with Gasteiger partial charge < -0.3 is 15.0 Å². The van der Waals surface area contributed by atoms with Crippen LogP contribution in [-0.4, -0.2) is 58.3 Å². The van der Waals surface area contributed by atoms with Crippen molar-refractivity contribution in [2.75, 3.05) is 26.8 Å². The molecule has 0 spiro atoms. The number of hydrogen-bond acceptors (Lipinski definition) is 5. The second kappa shape index (κ2) is 8.57. The van der Waals surface area contributed by atoms with Crippen molar-refractivity contribution in [3.05, 3.63) is 42.5 Å². The lowest BCUT2D eigenvalue weighted by Gasteiger charge is -2.31. The molecule has 0 bridgehead atoms. The van der Waals surface area contributed by atoms with E-state index < -0.39 is 0 Å². The summed E-state index contributed by atoms with van der Waals surface area (Å²) < 4.78 is 6.71. The fourth-order valence-electron chi connectivity index (χ4n) is 3.09. The first-order valence-corrected chi connectivity index (χ1v) is 8.66. The molecule has 3 rings (SSSR count). The van der Waals surface area contributed by atoms with Gasteiger partial charge in [-0.05, 0) is 18.1 Å². The van der Waals surface area contributed by atoms with E-state index in [9.17, 15) is 9.59 Å². The number of amides is 2. The molecule has 2 amide bonds. The van der Waals surface area contributed by atoms with Gasteiger partial charge in [-0.25, -0.2) is 9.67 Å². The molecular weight excluding hydrogens is 334 g/mol. The van der Waals surface area contributed by atoms with E-state index in [2.05, 4.69) is 15.4 Å². The standard InChI is InChI=1S/C18H23N5O3/c1-26-9-8-22-11-15(6-7-17(22)24)18(25)20-10-14-4-2-3-5-16(14)23-13-19-12-21-23/h2-5,12-13,15H,6-11H2,1H3,(H,20,25). The van der Waals surface area contributed by atoms with Crippen LogP contribution in [0.3, 0.4) is 0 Å². The van der Waals surface area contributed by atoms with Gasteiger partial charge in [0.2, 0.25) is 11.8 Å². The minimum absolute atomic E-state index is 0.0340. The van der Waals surface area contributed by atoms with Crippen LogP contribution in [-0.2, 0) is 20.9 Å². The van der Waals surface area contributed by atoms with Gasteiger partial charge in [0.25, 0.3) is 0 Å². The van der Waals surface area contributed by atoms with Crippen molar-refractivity contribution in [2.45, 2.75) is 19.4 Å². The second-order valence-corrected chi connectivity index (χ2v) is 6.25. The molecule has 1 aliphatic heterocycles. The van der Waals surface area contributed by atoms with E-state index in [-0.39, 0.29) is 17.7 Å². The summed E-state index contributed by atoms with van der Waals surface area (Å²) in [5, 5.41) is 7.14. The van der Waals surface area contributed by atoms with E-state index in [4.69, 9.17) is 4.74 Å². The number of carbonyl (C=O) groups is 2. The molecule has 0 radical (unpaired) electrons. The first-order chi connectivity index (χ1) is 12.7. The van der Waals surface area contributed by atoms with Gasteiger partial charge in [-0.2, -0.15) is 5.10 Å². The van der Waals surface area contributed by atoms with E-state index in [1.165, 1.54) is 6.33 Å². The maximum absolute atomic E-state index is 12.6. The topological polar surface area (TPSA) is 89.3 Å². The van der Waals surface area contributed by atoms with E-state index in [0.29, 0.717) is 39.1 Å². The lowest BCUT2D eigenvalue weighted by molar-refractivity contribution is -0.138. The van der Waals surface area contributed by atoms with Crippen molar-refractivity contribution < 1.29 is 14.3 Å². The van der Waals surface area contributed by atoms with E-state index in [1.54, 1.807) is 23.0 Å². The van der Waals surface area contributed by atoms with Crippen molar-refractivity contribution >= 4 is 11.8 Å². The number of aromatic nitrogens is 3. The Hall–Kier alpha value is -2.74. The quantitative estimate of drug-likeness (QED) is 0.791. The summed E-state index contributed by atoms with van der Waals surface area (Å²) in [5.41, 5.74) is 1.83. The number of ether oxygens (including phenoxy) is 1. The van der Waals surface area contributed by atoms with Crippen LogP contribution in [0.5, 0.6) is 0 Å². The van der Waals surface area contributed by atoms with Crippen LogP contribution in [0, 0.1) is 5.92 Å². The molecule has 2 aromatic rings. The summed E-state index contributed by atoms with van der Waals surface area (Å²) in [6, 6.07) is 7.73. The van der Waals surface area contributed by atoms with Gasteiger partial charge in [-0.15, -0.1) is 0 Å². The molecule has 0 aliphatic carbocycles. The number of nitrogens with zero attached hydrogens (tertiary/aromatic N) is 4. The Balaban J connectivity index is 1.60. The third-order valence-corrected chi connectivity index (χ3v) is 4.55. The predicted molar refractivity (Wildman–Crippen MR) is 94.4 cm³/mol. The fraction of sp³-hybridized carbons (Fsp3) is 0.444. The van der Waals surface area contributed by atoms with Crippen molar-refractivity contribution in [3.8, 4) is 5.69 Å². The van der Waals surface area contributed by atoms with Crippen LogP contribution < -0.4 is 5.32 Å². The molecule has 1 aromatic carbocycles. The SMILES string of the molecule is COCCN1CC(C(=O)NCc2ccccc2-n2cncn2)CCC1=O. The number of hydrogen-bond donors (Lipinski definition) is 1. The van der Waals surface area contributed by atoms with Crippen LogP contribution in [0.4, 0.5) is 0 Å². The molecule has 2 heterocycles. The first kappa shape index (κ1) is 18.1. The number of likely N-dealkylation sites (tertiary alicyclic amines) is 1. The fourth-order valence-corrected chi connectivity index (χ4v) is 3.09. The van der Waals surface area contributed by atoms with Crippen molar-refractivity contribution in [1.82, 2.24) is 25.0 Å². The van der Waals surface area contributed by atoms with Crippen LogP contribution in [0.25, 0.3) is 5.69 Å². The molecule has 1 fully saturated rings. The highest BCUT2D eigenvalue weighted by Crippen LogP contribution is 2.18. The van der Waals surface area contributed by atoms with Gasteiger partial charge in [0.15, 0.2) is 0 Å². The van der Waals surface area contributed by atoms with E-state index in [0.717, 1.165) is 11.3 Å². The third kappa shape index (κ3) is 4.26. The Labute approximate surface area is 152 Å². The maximum Gasteiger partial charge on any atom is 0.225 e. The van der Waals surface area contributed by atoms with Crippen LogP contribution >= 0.6 is 0 Å². The summed E-state index contributed by atoms with van der Waals surface area (Å²) >= 11 is 0. The molecule has 8 heteroatoms. The Morgan fingerprint density at radius 2 is 2.23 bits per heavy atom. The summed E-state index contributed by atoms with van der Waals surface area (Å²) in [4.78, 5) is 30.2. The number of benzene rings is 1. The molecule has 1 atom stereocenters. The zero-order valence-electron chi connectivity index (χ0n) is 14.8. The summed E-state index contributed by atoms with van der Waals surface area (Å²) in [5.74, 6) is -0.140. The van der Waals surface area contributed by atoms with Crippen molar-refractivity contribution in [3.63, 3.8) is 0 Å². The number of methoxy groups -OCH3 is 1. The van der Waals surface area contributed by atoms with Crippen LogP contribution in [0.15, 0.2) is 36.9 Å². The number of rotatable bonds is 7. The lowest BCUT2D eigenvalue weighted by Crippen LogP contribution is -2.46. The zero-order chi connectivity index (χ0) is 18.4. The summed E-state index contributed by atoms with van der Waals surface area (Å²) in [7, 11) is 1.60. The molecule has 1 saturated heterocycles. The van der Waals surface area contributed by atoms with Gasteiger partial charge in [0.1, 0.15) is 12.7 Å². The number of nitrogens with one attached hydrogen (secondary N) is 1. The first-order valence-electron chi connectivity index (χ1n) is 8.66. The summed E-state index contributed by atoms with van der Waals surface area (Å²) in [6.07, 6.45) is 4.08. The Morgan fingerprint density at radius 1 is 1.38 bits per heavy atom. The van der Waals surface area contributed by atoms with Gasteiger partial charge in [0, 0.05) is 33.2 Å². The number of para-hydroxylation sites is 1. The van der Waals surface area contributed by atoms with Gasteiger partial charge in [-0.3, -0.25) is 9.59 Å². The zero-order valence-corrected chi connectivity index (χ0v) is 14.8. The third-order valence-electron chi connectivity index (χ3n) is 4.55. The van der Waals surface area contributed by atoms with Crippen LogP contribution in [0.1, 0.15) is 18.4 Å². The summed E-state index contributed by atoms with van der Waals surface area (Å²) in [6.45, 7) is 1.84. The van der Waals surface area contributed by atoms with Gasteiger partial charge in [0.05, 0.1) is 18.2 Å². The largest absolute Gasteiger partial charge is 0.383 e. The maximum atomic E-state index is 12.6. The predicted octanol–water partition coefficient (Wildman–Crippen LogP) is 0.768. The average molecular weight is 357 g/mol. The van der Waals surface area contributed by atoms with Crippen molar-refractivity contribution in [2.24, 2.45) is 5.92 Å². The lowest BCUT2D eigenvalue weighted by atomic mass is 9.96. The molecule has 138 valence electrons. The highest BCUT2D eigenvalue weighted by molar-refractivity contribution is 5.83. The molecule has 0 saturated carbocycles. The number of carbonyl (C=O) groups excluding carboxylic acids is 2. The minimum Gasteiger partial charge on any atom is -0.383 e. The van der Waals surface area contributed by atoms with E-state index in [1.807, 2.05) is 24.3 Å². The molecular formula is C18H23N5O3. The molecule has 26 heavy (non-hydrogen) atoms. The van der Waals surface area contributed by atoms with Gasteiger partial charge in [-0.1, -0.05) is 18.2 Å². The highest BCUT2D eigenvalue weighted by atomic mass is 16.5. The Kier molecular flexibility index (Phi) is 5.96. The second-order valence-electron chi connectivity index (χ2n) is 6.25. The Bertz CT molecular complexity index is 747. The molecule has 1 unspecified atom stereocenters. The van der Waals surface area contributed by atoms with Crippen molar-refractivity contribution in [1.29, 1.82) is 0 Å². The average Bonchev–Trinajstić information content (AvgIpc) is 3.20. The normalized spacial score (nSPS) is 17.3. The monoisotopic (exact) mass is 357 g/mol. The van der Waals surface area contributed by atoms with Crippen LogP contribution in [0.2, 0.25) is 0 Å². The minimum atomic E-state index is -0.192. The van der Waals surface area contributed by atoms with Gasteiger partial charge >= 0.3 is 0 Å². The molecule has 8 nitrogen and oxygen atoms in total. The molecule has 1 aromatic heterocycles. The Morgan fingerprint density at radius 3 is 3.00 bits per heavy atom. The molecule has 1 N–H and O–H groups in total. The highest BCUT2D eigenvalue weighted by Gasteiger charge is 2.29. The number of piperidine rings is 1. The van der Waals surface area contributed by atoms with E-state index >= 15 is 0 Å². The molecule has 1 aliphatic rings.